The summed E-state index contributed by atoms with van der Waals surface area (Å²) in [6.45, 7) is 4.83. The maximum atomic E-state index is 6.41. The largest absolute Gasteiger partial charge is 0.366 e. The minimum Gasteiger partial charge on any atom is -0.366 e. The van der Waals surface area contributed by atoms with Crippen molar-refractivity contribution in [3.63, 3.8) is 0 Å². The Morgan fingerprint density at radius 1 is 0.825 bits per heavy atom. The quantitative estimate of drug-likeness (QED) is 0.418. The van der Waals surface area contributed by atoms with Crippen LogP contribution >= 0.6 is 0 Å². The minimum atomic E-state index is 0.0529. The van der Waals surface area contributed by atoms with Gasteiger partial charge in [0.1, 0.15) is 6.17 Å². The fraction of sp³-hybridized carbons (Fsp3) is 0.351. The van der Waals surface area contributed by atoms with E-state index in [1.165, 1.54) is 28.0 Å². The second kappa shape index (κ2) is 9.33. The summed E-state index contributed by atoms with van der Waals surface area (Å²) in [7, 11) is 0. The van der Waals surface area contributed by atoms with Crippen molar-refractivity contribution >= 4 is 5.70 Å². The molecule has 1 fully saturated rings. The van der Waals surface area contributed by atoms with Crippen LogP contribution in [0.15, 0.2) is 115 Å². The standard InChI is InChI=1S/C37H38N2O/c1-37(2)30-14-8-6-12-26(30)27-18-16-25(21-31(27)37)33-22-32(38-36(39-33)23-10-4-3-5-11-23)24-17-19-35-29(20-24)28-13-7-9-15-34(28)40-35/h3-19,21-22,24,26,28-30,32,34-36,38-39H,20H2,1-2H3. The van der Waals surface area contributed by atoms with Gasteiger partial charge in [-0.3, -0.25) is 5.32 Å². The minimum absolute atomic E-state index is 0.0529. The van der Waals surface area contributed by atoms with Gasteiger partial charge in [-0.15, -0.1) is 0 Å². The number of benzene rings is 2. The predicted molar refractivity (Wildman–Crippen MR) is 162 cm³/mol. The fourth-order valence-electron chi connectivity index (χ4n) is 8.28. The molecule has 4 aliphatic carbocycles. The third-order valence-electron chi connectivity index (χ3n) is 10.4. The molecule has 0 aromatic heterocycles. The normalized spacial score (nSPS) is 37.8. The molecule has 9 atom stereocenters. The van der Waals surface area contributed by atoms with Crippen molar-refractivity contribution in [1.29, 1.82) is 0 Å². The van der Waals surface area contributed by atoms with Crippen molar-refractivity contribution in [2.45, 2.75) is 56.0 Å². The van der Waals surface area contributed by atoms with E-state index in [-0.39, 0.29) is 29.8 Å². The Morgan fingerprint density at radius 3 is 2.55 bits per heavy atom. The topological polar surface area (TPSA) is 33.3 Å². The van der Waals surface area contributed by atoms with Crippen LogP contribution in [0.3, 0.4) is 0 Å². The van der Waals surface area contributed by atoms with Crippen LogP contribution in [0.2, 0.25) is 0 Å². The van der Waals surface area contributed by atoms with Gasteiger partial charge in [0.15, 0.2) is 0 Å². The first-order chi connectivity index (χ1) is 19.6. The van der Waals surface area contributed by atoms with E-state index in [9.17, 15) is 0 Å². The van der Waals surface area contributed by atoms with Crippen LogP contribution in [0.4, 0.5) is 0 Å². The summed E-state index contributed by atoms with van der Waals surface area (Å²) >= 11 is 0. The number of fused-ring (bicyclic) bond motifs is 6. The zero-order valence-corrected chi connectivity index (χ0v) is 23.3. The van der Waals surface area contributed by atoms with Gasteiger partial charge in [-0.05, 0) is 64.0 Å². The van der Waals surface area contributed by atoms with Crippen LogP contribution in [0, 0.1) is 23.7 Å². The van der Waals surface area contributed by atoms with Crippen LogP contribution in [-0.2, 0) is 10.2 Å². The Hall–Kier alpha value is -3.40. The van der Waals surface area contributed by atoms with Gasteiger partial charge in [-0.2, -0.15) is 0 Å². The summed E-state index contributed by atoms with van der Waals surface area (Å²) in [5, 5.41) is 7.85. The summed E-state index contributed by atoms with van der Waals surface area (Å²) in [6.07, 6.45) is 27.0. The van der Waals surface area contributed by atoms with Gasteiger partial charge < -0.3 is 10.1 Å². The average Bonchev–Trinajstić information content (AvgIpc) is 3.49. The molecule has 6 aliphatic rings. The van der Waals surface area contributed by atoms with Crippen LogP contribution in [0.5, 0.6) is 0 Å². The van der Waals surface area contributed by atoms with Gasteiger partial charge in [-0.25, -0.2) is 0 Å². The molecule has 2 aliphatic heterocycles. The number of allylic oxidation sites excluding steroid dienone is 6. The lowest BCUT2D eigenvalue weighted by Crippen LogP contribution is -2.48. The highest BCUT2D eigenvalue weighted by atomic mass is 16.5. The molecule has 2 aromatic carbocycles. The monoisotopic (exact) mass is 526 g/mol. The predicted octanol–water partition coefficient (Wildman–Crippen LogP) is 7.11. The Morgan fingerprint density at radius 2 is 1.65 bits per heavy atom. The van der Waals surface area contributed by atoms with Gasteiger partial charge in [0.05, 0.1) is 12.2 Å². The molecule has 0 bridgehead atoms. The molecule has 0 radical (unpaired) electrons. The lowest BCUT2D eigenvalue weighted by molar-refractivity contribution is 0.0786. The van der Waals surface area contributed by atoms with Crippen molar-refractivity contribution in [3.05, 3.63) is 138 Å². The van der Waals surface area contributed by atoms with E-state index in [0.717, 1.165) is 6.42 Å². The van der Waals surface area contributed by atoms with E-state index >= 15 is 0 Å². The highest BCUT2D eigenvalue weighted by molar-refractivity contribution is 5.69. The van der Waals surface area contributed by atoms with Crippen molar-refractivity contribution in [1.82, 2.24) is 10.6 Å². The molecule has 1 saturated heterocycles. The maximum absolute atomic E-state index is 6.41. The molecule has 9 unspecified atom stereocenters. The lowest BCUT2D eigenvalue weighted by atomic mass is 9.73. The molecule has 3 heteroatoms. The second-order valence-electron chi connectivity index (χ2n) is 13.0. The third kappa shape index (κ3) is 3.86. The number of hydrogen-bond acceptors (Lipinski definition) is 3. The van der Waals surface area contributed by atoms with Gasteiger partial charge in [0.25, 0.3) is 0 Å². The summed E-state index contributed by atoms with van der Waals surface area (Å²) in [6, 6.07) is 18.2. The molecule has 2 N–H and O–H groups in total. The summed E-state index contributed by atoms with van der Waals surface area (Å²) < 4.78 is 6.41. The lowest BCUT2D eigenvalue weighted by Gasteiger charge is -2.39. The van der Waals surface area contributed by atoms with Crippen LogP contribution in [0.1, 0.15) is 54.6 Å². The van der Waals surface area contributed by atoms with E-state index in [1.54, 1.807) is 0 Å². The van der Waals surface area contributed by atoms with Crippen molar-refractivity contribution in [3.8, 4) is 0 Å². The molecule has 202 valence electrons. The Bertz CT molecular complexity index is 1490. The first kappa shape index (κ1) is 24.4. The molecule has 8 rings (SSSR count). The zero-order chi connectivity index (χ0) is 26.8. The van der Waals surface area contributed by atoms with Gasteiger partial charge in [-0.1, -0.05) is 117 Å². The number of rotatable bonds is 3. The summed E-state index contributed by atoms with van der Waals surface area (Å²) in [5.41, 5.74) is 6.85. The molecule has 0 saturated carbocycles. The van der Waals surface area contributed by atoms with Crippen LogP contribution in [-0.4, -0.2) is 18.2 Å². The highest BCUT2D eigenvalue weighted by Crippen LogP contribution is 2.53. The Labute approximate surface area is 238 Å². The second-order valence-corrected chi connectivity index (χ2v) is 13.0. The molecular weight excluding hydrogens is 488 g/mol. The number of ether oxygens (including phenoxy) is 1. The average molecular weight is 527 g/mol. The van der Waals surface area contributed by atoms with E-state index in [0.29, 0.717) is 29.6 Å². The molecule has 0 spiro atoms. The van der Waals surface area contributed by atoms with Crippen LogP contribution < -0.4 is 10.6 Å². The van der Waals surface area contributed by atoms with Crippen molar-refractivity contribution < 1.29 is 4.74 Å². The maximum Gasteiger partial charge on any atom is 0.104 e. The molecule has 0 amide bonds. The van der Waals surface area contributed by atoms with Crippen molar-refractivity contribution in [2.75, 3.05) is 0 Å². The zero-order valence-electron chi connectivity index (χ0n) is 23.3. The van der Waals surface area contributed by atoms with Crippen LogP contribution in [0.25, 0.3) is 5.70 Å². The van der Waals surface area contributed by atoms with E-state index in [4.69, 9.17) is 4.74 Å². The number of hydrogen-bond donors (Lipinski definition) is 2. The third-order valence-corrected chi connectivity index (χ3v) is 10.4. The first-order valence-corrected chi connectivity index (χ1v) is 15.0. The van der Waals surface area contributed by atoms with Gasteiger partial charge in [0, 0.05) is 23.6 Å². The van der Waals surface area contributed by atoms with Gasteiger partial charge >= 0.3 is 0 Å². The summed E-state index contributed by atoms with van der Waals surface area (Å²) in [4.78, 5) is 0. The molecule has 2 aromatic rings. The van der Waals surface area contributed by atoms with E-state index < -0.39 is 0 Å². The Kier molecular flexibility index (Phi) is 5.69. The number of nitrogens with one attached hydrogen (secondary N) is 2. The smallest absolute Gasteiger partial charge is 0.104 e. The molecule has 2 heterocycles. The molecule has 40 heavy (non-hydrogen) atoms. The van der Waals surface area contributed by atoms with E-state index in [2.05, 4.69) is 140 Å². The Balaban J connectivity index is 1.15. The highest BCUT2D eigenvalue weighted by Gasteiger charge is 2.46. The molecular formula is C37H38N2O. The van der Waals surface area contributed by atoms with E-state index in [1.807, 2.05) is 0 Å². The fourth-order valence-corrected chi connectivity index (χ4v) is 8.28. The SMILES string of the molecule is CC1(C)c2cc(C3=CC(C4C=CC5OC6C=CC=CC6C5C4)NC(c4ccccc4)N3)ccc2C2C=CC=CC21. The van der Waals surface area contributed by atoms with Gasteiger partial charge in [0.2, 0.25) is 0 Å². The van der Waals surface area contributed by atoms with Crippen molar-refractivity contribution in [2.24, 2.45) is 23.7 Å². The first-order valence-electron chi connectivity index (χ1n) is 15.0. The summed E-state index contributed by atoms with van der Waals surface area (Å²) in [5.74, 6) is 2.41. The molecule has 3 nitrogen and oxygen atoms in total.